The molecular formula is C18H30N2. The van der Waals surface area contributed by atoms with Gasteiger partial charge in [0.15, 0.2) is 0 Å². The van der Waals surface area contributed by atoms with Crippen molar-refractivity contribution in [3.63, 3.8) is 0 Å². The fraction of sp³-hybridized carbons (Fsp3) is 0.667. The van der Waals surface area contributed by atoms with E-state index in [2.05, 4.69) is 55.4 Å². The van der Waals surface area contributed by atoms with E-state index in [0.29, 0.717) is 6.04 Å². The standard InChI is InChI=1S/C18H30N2/c1-4-20(18-13-9-8-10-15(18)2)14-16-11-6-5-7-12-17(16)19-3/h8-10,13,16-17,19H,4-7,11-12,14H2,1-3H3. The molecule has 0 aliphatic heterocycles. The van der Waals surface area contributed by atoms with Crippen molar-refractivity contribution in [2.75, 3.05) is 25.0 Å². The lowest BCUT2D eigenvalue weighted by Gasteiger charge is -2.33. The molecule has 0 amide bonds. The third-order valence-electron chi connectivity index (χ3n) is 4.82. The Morgan fingerprint density at radius 3 is 2.60 bits per heavy atom. The molecule has 0 aromatic heterocycles. The van der Waals surface area contributed by atoms with E-state index < -0.39 is 0 Å². The molecule has 0 heterocycles. The monoisotopic (exact) mass is 274 g/mol. The Labute approximate surface area is 124 Å². The first-order chi connectivity index (χ1) is 9.76. The zero-order valence-corrected chi connectivity index (χ0v) is 13.4. The lowest BCUT2D eigenvalue weighted by Crippen LogP contribution is -2.40. The van der Waals surface area contributed by atoms with Gasteiger partial charge in [0, 0.05) is 24.8 Å². The van der Waals surface area contributed by atoms with Gasteiger partial charge in [0.05, 0.1) is 0 Å². The topological polar surface area (TPSA) is 15.3 Å². The number of benzene rings is 1. The molecule has 2 rings (SSSR count). The number of hydrogen-bond donors (Lipinski definition) is 1. The number of rotatable bonds is 5. The van der Waals surface area contributed by atoms with E-state index in [-0.39, 0.29) is 0 Å². The van der Waals surface area contributed by atoms with Gasteiger partial charge in [0.1, 0.15) is 0 Å². The van der Waals surface area contributed by atoms with Crippen molar-refractivity contribution in [2.45, 2.75) is 52.0 Å². The summed E-state index contributed by atoms with van der Waals surface area (Å²) in [6.07, 6.45) is 6.90. The molecule has 1 aliphatic rings. The molecule has 1 N–H and O–H groups in total. The summed E-state index contributed by atoms with van der Waals surface area (Å²) < 4.78 is 0. The van der Waals surface area contributed by atoms with Gasteiger partial charge in [-0.2, -0.15) is 0 Å². The normalized spacial score (nSPS) is 23.4. The van der Waals surface area contributed by atoms with E-state index in [4.69, 9.17) is 0 Å². The van der Waals surface area contributed by atoms with Crippen LogP contribution in [0.1, 0.15) is 44.6 Å². The molecule has 2 heteroatoms. The zero-order valence-electron chi connectivity index (χ0n) is 13.4. The first-order valence-electron chi connectivity index (χ1n) is 8.24. The van der Waals surface area contributed by atoms with E-state index >= 15 is 0 Å². The summed E-state index contributed by atoms with van der Waals surface area (Å²) in [5.41, 5.74) is 2.80. The lowest BCUT2D eigenvalue weighted by molar-refractivity contribution is 0.353. The SMILES string of the molecule is CCN(CC1CCCCCC1NC)c1ccccc1C. The number of nitrogens with zero attached hydrogens (tertiary/aromatic N) is 1. The van der Waals surface area contributed by atoms with Gasteiger partial charge >= 0.3 is 0 Å². The summed E-state index contributed by atoms with van der Waals surface area (Å²) in [6.45, 7) is 6.78. The maximum atomic E-state index is 3.56. The summed E-state index contributed by atoms with van der Waals surface area (Å²) in [7, 11) is 2.13. The Kier molecular flexibility index (Phi) is 5.90. The van der Waals surface area contributed by atoms with E-state index in [1.165, 1.54) is 49.9 Å². The first-order valence-corrected chi connectivity index (χ1v) is 8.24. The summed E-state index contributed by atoms with van der Waals surface area (Å²) in [4.78, 5) is 2.57. The van der Waals surface area contributed by atoms with Crippen LogP contribution in [0, 0.1) is 12.8 Å². The van der Waals surface area contributed by atoms with Crippen LogP contribution in [0.2, 0.25) is 0 Å². The van der Waals surface area contributed by atoms with Crippen LogP contribution in [0.3, 0.4) is 0 Å². The van der Waals surface area contributed by atoms with Gasteiger partial charge in [-0.25, -0.2) is 0 Å². The highest BCUT2D eigenvalue weighted by atomic mass is 15.1. The first kappa shape index (κ1) is 15.4. The van der Waals surface area contributed by atoms with Crippen LogP contribution in [0.5, 0.6) is 0 Å². The molecule has 1 saturated carbocycles. The minimum absolute atomic E-state index is 0.690. The molecule has 2 atom stereocenters. The van der Waals surface area contributed by atoms with Crippen LogP contribution < -0.4 is 10.2 Å². The minimum Gasteiger partial charge on any atom is -0.371 e. The number of para-hydroxylation sites is 1. The summed E-state index contributed by atoms with van der Waals surface area (Å²) in [6, 6.07) is 9.47. The van der Waals surface area contributed by atoms with Crippen LogP contribution in [-0.4, -0.2) is 26.2 Å². The number of hydrogen-bond acceptors (Lipinski definition) is 2. The number of nitrogens with one attached hydrogen (secondary N) is 1. The average Bonchev–Trinajstić information content (AvgIpc) is 2.70. The minimum atomic E-state index is 0.690. The van der Waals surface area contributed by atoms with E-state index in [9.17, 15) is 0 Å². The predicted octanol–water partition coefficient (Wildman–Crippen LogP) is 3.99. The van der Waals surface area contributed by atoms with Crippen LogP contribution >= 0.6 is 0 Å². The van der Waals surface area contributed by atoms with E-state index in [0.717, 1.165) is 12.5 Å². The Morgan fingerprint density at radius 2 is 1.90 bits per heavy atom. The molecule has 0 bridgehead atoms. The van der Waals surface area contributed by atoms with Crippen molar-refractivity contribution in [1.29, 1.82) is 0 Å². The number of aryl methyl sites for hydroxylation is 1. The van der Waals surface area contributed by atoms with Gasteiger partial charge in [-0.3, -0.25) is 0 Å². The highest BCUT2D eigenvalue weighted by Gasteiger charge is 2.24. The zero-order chi connectivity index (χ0) is 14.4. The third kappa shape index (κ3) is 3.76. The summed E-state index contributed by atoms with van der Waals surface area (Å²) in [5.74, 6) is 0.780. The average molecular weight is 274 g/mol. The van der Waals surface area contributed by atoms with Crippen molar-refractivity contribution in [1.82, 2.24) is 5.32 Å². The molecule has 20 heavy (non-hydrogen) atoms. The molecule has 1 aromatic rings. The maximum absolute atomic E-state index is 3.56. The van der Waals surface area contributed by atoms with Crippen molar-refractivity contribution < 1.29 is 0 Å². The molecule has 0 saturated heterocycles. The largest absolute Gasteiger partial charge is 0.371 e. The van der Waals surface area contributed by atoms with Gasteiger partial charge in [-0.1, -0.05) is 37.5 Å². The second kappa shape index (κ2) is 7.68. The molecule has 1 aliphatic carbocycles. The molecule has 2 nitrogen and oxygen atoms in total. The van der Waals surface area contributed by atoms with E-state index in [1.807, 2.05) is 0 Å². The molecule has 2 unspecified atom stereocenters. The molecule has 1 fully saturated rings. The predicted molar refractivity (Wildman–Crippen MR) is 88.5 cm³/mol. The summed E-state index contributed by atoms with van der Waals surface area (Å²) >= 11 is 0. The Balaban J connectivity index is 2.10. The highest BCUT2D eigenvalue weighted by molar-refractivity contribution is 5.52. The fourth-order valence-corrected chi connectivity index (χ4v) is 3.58. The van der Waals surface area contributed by atoms with Crippen LogP contribution in [-0.2, 0) is 0 Å². The Morgan fingerprint density at radius 1 is 1.15 bits per heavy atom. The summed E-state index contributed by atoms with van der Waals surface area (Å²) in [5, 5.41) is 3.56. The highest BCUT2D eigenvalue weighted by Crippen LogP contribution is 2.27. The maximum Gasteiger partial charge on any atom is 0.0395 e. The Hall–Kier alpha value is -1.02. The van der Waals surface area contributed by atoms with Gasteiger partial charge in [0.2, 0.25) is 0 Å². The fourth-order valence-electron chi connectivity index (χ4n) is 3.58. The van der Waals surface area contributed by atoms with Crippen molar-refractivity contribution in [2.24, 2.45) is 5.92 Å². The molecule has 0 radical (unpaired) electrons. The second-order valence-corrected chi connectivity index (χ2v) is 6.12. The van der Waals surface area contributed by atoms with Gasteiger partial charge in [0.25, 0.3) is 0 Å². The van der Waals surface area contributed by atoms with Gasteiger partial charge in [-0.05, 0) is 51.3 Å². The van der Waals surface area contributed by atoms with E-state index in [1.54, 1.807) is 0 Å². The van der Waals surface area contributed by atoms with Crippen molar-refractivity contribution >= 4 is 5.69 Å². The molecular weight excluding hydrogens is 244 g/mol. The van der Waals surface area contributed by atoms with Gasteiger partial charge in [-0.15, -0.1) is 0 Å². The third-order valence-corrected chi connectivity index (χ3v) is 4.82. The molecule has 112 valence electrons. The van der Waals surface area contributed by atoms with Crippen LogP contribution in [0.25, 0.3) is 0 Å². The Bertz CT molecular complexity index is 402. The number of anilines is 1. The second-order valence-electron chi connectivity index (χ2n) is 6.12. The van der Waals surface area contributed by atoms with Gasteiger partial charge < -0.3 is 10.2 Å². The smallest absolute Gasteiger partial charge is 0.0395 e. The van der Waals surface area contributed by atoms with Crippen molar-refractivity contribution in [3.05, 3.63) is 29.8 Å². The lowest BCUT2D eigenvalue weighted by atomic mass is 9.93. The molecule has 1 aromatic carbocycles. The van der Waals surface area contributed by atoms with Crippen LogP contribution in [0.15, 0.2) is 24.3 Å². The van der Waals surface area contributed by atoms with Crippen molar-refractivity contribution in [3.8, 4) is 0 Å². The quantitative estimate of drug-likeness (QED) is 0.817. The van der Waals surface area contributed by atoms with Crippen LogP contribution in [0.4, 0.5) is 5.69 Å². The molecule has 0 spiro atoms.